The number of benzene rings is 1. The lowest BCUT2D eigenvalue weighted by Crippen LogP contribution is -2.54. The summed E-state index contributed by atoms with van der Waals surface area (Å²) in [7, 11) is 0. The zero-order chi connectivity index (χ0) is 25.4. The average Bonchev–Trinajstić information content (AvgIpc) is 3.55. The van der Waals surface area contributed by atoms with E-state index in [2.05, 4.69) is 21.1 Å². The van der Waals surface area contributed by atoms with Gasteiger partial charge in [-0.15, -0.1) is 0 Å². The zero-order valence-corrected chi connectivity index (χ0v) is 19.2. The molecule has 2 aliphatic heterocycles. The number of fused-ring (bicyclic) bond motifs is 1. The topological polar surface area (TPSA) is 168 Å². The van der Waals surface area contributed by atoms with Gasteiger partial charge in [0.05, 0.1) is 11.1 Å². The molecule has 186 valence electrons. The summed E-state index contributed by atoms with van der Waals surface area (Å²) >= 11 is 0. The summed E-state index contributed by atoms with van der Waals surface area (Å²) in [5.41, 5.74) is 1.16. The molecule has 5 rings (SSSR count). The molecular weight excluding hydrogens is 470 g/mol. The van der Waals surface area contributed by atoms with E-state index in [1.165, 1.54) is 6.07 Å². The molecule has 1 saturated carbocycles. The molecule has 12 heteroatoms. The van der Waals surface area contributed by atoms with Crippen molar-refractivity contribution in [2.75, 3.05) is 11.9 Å². The van der Waals surface area contributed by atoms with Crippen LogP contribution in [0.1, 0.15) is 70.1 Å². The molecule has 1 atom stereocenters. The van der Waals surface area contributed by atoms with E-state index in [4.69, 9.17) is 4.52 Å². The van der Waals surface area contributed by atoms with Gasteiger partial charge >= 0.3 is 11.8 Å². The Hall–Kier alpha value is -4.35. The Morgan fingerprint density at radius 3 is 2.56 bits per heavy atom. The first-order valence-electron chi connectivity index (χ1n) is 11.7. The summed E-state index contributed by atoms with van der Waals surface area (Å²) in [6.07, 6.45) is 3.15. The van der Waals surface area contributed by atoms with Crippen LogP contribution in [0.15, 0.2) is 28.8 Å². The minimum Gasteiger partial charge on any atom is -0.359 e. The molecule has 1 aromatic carbocycles. The van der Waals surface area contributed by atoms with Crippen molar-refractivity contribution in [2.45, 2.75) is 50.5 Å². The number of anilines is 1. The standard InChI is InChI=1S/C24H23N5O7/c30-19-8-7-16(20(31)27-19)29-23(34)14-6-3-12(10-15(14)24(29)35)2-1-9-25-21(32)22(33)26-18-11-17(36-28-18)13-4-5-13/h3,6,10-11,13,16H,1-2,4-5,7-9H2,(H,25,32)(H,26,28,33)(H,27,30,31). The molecule has 3 aliphatic rings. The Labute approximate surface area is 204 Å². The van der Waals surface area contributed by atoms with Gasteiger partial charge in [-0.05, 0) is 49.8 Å². The van der Waals surface area contributed by atoms with Gasteiger partial charge in [0.15, 0.2) is 5.82 Å². The molecule has 3 heterocycles. The number of aromatic nitrogens is 1. The molecule has 3 N–H and O–H groups in total. The van der Waals surface area contributed by atoms with E-state index < -0.39 is 41.5 Å². The van der Waals surface area contributed by atoms with Crippen molar-refractivity contribution in [1.82, 2.24) is 20.7 Å². The molecule has 1 saturated heterocycles. The number of nitrogens with zero attached hydrogens (tertiary/aromatic N) is 2. The minimum absolute atomic E-state index is 0.0545. The number of carbonyl (C=O) groups excluding carboxylic acids is 6. The second-order valence-corrected chi connectivity index (χ2v) is 9.03. The van der Waals surface area contributed by atoms with Crippen LogP contribution in [0.25, 0.3) is 0 Å². The monoisotopic (exact) mass is 493 g/mol. The van der Waals surface area contributed by atoms with Crippen LogP contribution in [-0.2, 0) is 25.6 Å². The fourth-order valence-electron chi connectivity index (χ4n) is 4.33. The summed E-state index contributed by atoms with van der Waals surface area (Å²) in [6.45, 7) is 0.213. The quantitative estimate of drug-likeness (QED) is 0.287. The number of hydrogen-bond donors (Lipinski definition) is 3. The molecule has 36 heavy (non-hydrogen) atoms. The van der Waals surface area contributed by atoms with Gasteiger partial charge in [-0.2, -0.15) is 0 Å². The fourth-order valence-corrected chi connectivity index (χ4v) is 4.33. The third kappa shape index (κ3) is 4.61. The molecule has 1 aromatic heterocycles. The third-order valence-electron chi connectivity index (χ3n) is 6.39. The number of imide groups is 2. The van der Waals surface area contributed by atoms with Gasteiger partial charge in [0, 0.05) is 24.9 Å². The van der Waals surface area contributed by atoms with E-state index in [9.17, 15) is 28.8 Å². The lowest BCUT2D eigenvalue weighted by atomic mass is 10.0. The predicted molar refractivity (Wildman–Crippen MR) is 122 cm³/mol. The summed E-state index contributed by atoms with van der Waals surface area (Å²) in [4.78, 5) is 74.2. The Morgan fingerprint density at radius 2 is 1.81 bits per heavy atom. The van der Waals surface area contributed by atoms with Crippen LogP contribution in [0.2, 0.25) is 0 Å². The molecule has 0 radical (unpaired) electrons. The van der Waals surface area contributed by atoms with Gasteiger partial charge in [-0.25, -0.2) is 0 Å². The van der Waals surface area contributed by atoms with E-state index in [1.54, 1.807) is 18.2 Å². The number of amides is 6. The van der Waals surface area contributed by atoms with Crippen molar-refractivity contribution in [3.05, 3.63) is 46.7 Å². The first-order chi connectivity index (χ1) is 17.3. The minimum atomic E-state index is -1.02. The molecule has 1 aliphatic carbocycles. The summed E-state index contributed by atoms with van der Waals surface area (Å²) < 4.78 is 5.14. The highest BCUT2D eigenvalue weighted by atomic mass is 16.5. The highest BCUT2D eigenvalue weighted by molar-refractivity contribution is 6.39. The van der Waals surface area contributed by atoms with Gasteiger partial charge in [0.25, 0.3) is 11.8 Å². The number of hydrogen-bond acceptors (Lipinski definition) is 8. The number of nitrogens with one attached hydrogen (secondary N) is 3. The van der Waals surface area contributed by atoms with Crippen LogP contribution >= 0.6 is 0 Å². The molecule has 1 unspecified atom stereocenters. The van der Waals surface area contributed by atoms with Crippen LogP contribution in [0.3, 0.4) is 0 Å². The Bertz CT molecular complexity index is 1300. The lowest BCUT2D eigenvalue weighted by molar-refractivity contribution is -0.136. The number of piperidine rings is 1. The van der Waals surface area contributed by atoms with Gasteiger partial charge in [0.2, 0.25) is 11.8 Å². The number of aryl methyl sites for hydroxylation is 1. The average molecular weight is 493 g/mol. The van der Waals surface area contributed by atoms with Crippen LogP contribution in [0.4, 0.5) is 5.82 Å². The van der Waals surface area contributed by atoms with Crippen LogP contribution in [-0.4, -0.2) is 58.1 Å². The van der Waals surface area contributed by atoms with Crippen molar-refractivity contribution in [2.24, 2.45) is 0 Å². The summed E-state index contributed by atoms with van der Waals surface area (Å²) in [5, 5.41) is 10.8. The first-order valence-corrected chi connectivity index (χ1v) is 11.7. The zero-order valence-electron chi connectivity index (χ0n) is 19.2. The van der Waals surface area contributed by atoms with Crippen molar-refractivity contribution >= 4 is 41.3 Å². The van der Waals surface area contributed by atoms with E-state index >= 15 is 0 Å². The number of rotatable bonds is 7. The Balaban J connectivity index is 1.12. The normalized spacial score (nSPS) is 19.2. The SMILES string of the molecule is O=C1CCC(N2C(=O)c3ccc(CCCNC(=O)C(=O)Nc4cc(C5CC5)on4)cc3C2=O)C(=O)N1. The van der Waals surface area contributed by atoms with E-state index in [1.807, 2.05) is 0 Å². The largest absolute Gasteiger partial charge is 0.359 e. The maximum atomic E-state index is 12.9. The van der Waals surface area contributed by atoms with Crippen LogP contribution in [0, 0.1) is 0 Å². The first kappa shape index (κ1) is 23.4. The van der Waals surface area contributed by atoms with Crippen molar-refractivity contribution in [3.8, 4) is 0 Å². The molecular formula is C24H23N5O7. The molecule has 2 fully saturated rings. The smallest absolute Gasteiger partial charge is 0.314 e. The van der Waals surface area contributed by atoms with Gasteiger partial charge in [-0.3, -0.25) is 44.3 Å². The Morgan fingerprint density at radius 1 is 1.03 bits per heavy atom. The molecule has 2 aromatic rings. The van der Waals surface area contributed by atoms with Gasteiger partial charge < -0.3 is 9.84 Å². The summed E-state index contributed by atoms with van der Waals surface area (Å²) in [5.74, 6) is -2.65. The fraction of sp³-hybridized carbons (Fsp3) is 0.375. The van der Waals surface area contributed by atoms with Crippen LogP contribution in [0.5, 0.6) is 0 Å². The van der Waals surface area contributed by atoms with Crippen LogP contribution < -0.4 is 16.0 Å². The van der Waals surface area contributed by atoms with E-state index in [0.717, 1.165) is 23.3 Å². The second-order valence-electron chi connectivity index (χ2n) is 9.03. The van der Waals surface area contributed by atoms with E-state index in [-0.39, 0.29) is 36.3 Å². The Kier molecular flexibility index (Phi) is 6.08. The van der Waals surface area contributed by atoms with Gasteiger partial charge in [-0.1, -0.05) is 11.2 Å². The molecule has 6 amide bonds. The number of carbonyl (C=O) groups is 6. The van der Waals surface area contributed by atoms with Gasteiger partial charge in [0.1, 0.15) is 11.8 Å². The molecule has 0 bridgehead atoms. The third-order valence-corrected chi connectivity index (χ3v) is 6.39. The van der Waals surface area contributed by atoms with Crippen molar-refractivity contribution < 1.29 is 33.3 Å². The van der Waals surface area contributed by atoms with Crippen molar-refractivity contribution in [1.29, 1.82) is 0 Å². The maximum absolute atomic E-state index is 12.9. The molecule has 12 nitrogen and oxygen atoms in total. The lowest BCUT2D eigenvalue weighted by Gasteiger charge is -2.27. The maximum Gasteiger partial charge on any atom is 0.314 e. The molecule has 0 spiro atoms. The van der Waals surface area contributed by atoms with Crippen molar-refractivity contribution in [3.63, 3.8) is 0 Å². The highest BCUT2D eigenvalue weighted by Gasteiger charge is 2.44. The predicted octanol–water partition coefficient (Wildman–Crippen LogP) is 0.641. The van der Waals surface area contributed by atoms with E-state index in [0.29, 0.717) is 24.5 Å². The second kappa shape index (κ2) is 9.36. The summed E-state index contributed by atoms with van der Waals surface area (Å²) in [6, 6.07) is 5.44. The highest BCUT2D eigenvalue weighted by Crippen LogP contribution is 2.40.